The summed E-state index contributed by atoms with van der Waals surface area (Å²) in [5.41, 5.74) is -1.05. The highest BCUT2D eigenvalue weighted by atomic mass is 16.5. The fraction of sp³-hybridized carbons (Fsp3) is 0.952. The van der Waals surface area contributed by atoms with Crippen LogP contribution in [0.25, 0.3) is 0 Å². The zero-order valence-corrected chi connectivity index (χ0v) is 18.9. The molecule has 0 saturated carbocycles. The van der Waals surface area contributed by atoms with E-state index in [2.05, 4.69) is 59.1 Å². The van der Waals surface area contributed by atoms with E-state index in [0.29, 0.717) is 31.7 Å². The van der Waals surface area contributed by atoms with Gasteiger partial charge in [0.25, 0.3) is 0 Å². The first-order valence-corrected chi connectivity index (χ1v) is 9.98. The molecule has 1 atom stereocenters. The second-order valence-corrected chi connectivity index (χ2v) is 9.52. The Bertz CT molecular complexity index is 417. The normalized spacial score (nSPS) is 14.6. The molecule has 0 rings (SSSR count). The lowest BCUT2D eigenvalue weighted by atomic mass is 9.80. The summed E-state index contributed by atoms with van der Waals surface area (Å²) >= 11 is 0. The molecule has 26 heavy (non-hydrogen) atoms. The molecule has 1 amide bonds. The molecule has 0 aromatic carbocycles. The minimum Gasteiger partial charge on any atom is -0.379 e. The fourth-order valence-electron chi connectivity index (χ4n) is 3.12. The van der Waals surface area contributed by atoms with E-state index in [0.717, 1.165) is 12.8 Å². The summed E-state index contributed by atoms with van der Waals surface area (Å²) in [4.78, 5) is 12.7. The van der Waals surface area contributed by atoms with E-state index in [1.54, 1.807) is 7.11 Å². The molecular formula is C21H44N2O3. The molecule has 0 aromatic rings. The monoisotopic (exact) mass is 372 g/mol. The quantitative estimate of drug-likeness (QED) is 0.515. The van der Waals surface area contributed by atoms with Gasteiger partial charge in [0.2, 0.25) is 5.91 Å². The van der Waals surface area contributed by atoms with Crippen molar-refractivity contribution in [3.8, 4) is 0 Å². The maximum absolute atomic E-state index is 12.7. The van der Waals surface area contributed by atoms with E-state index in [9.17, 15) is 4.79 Å². The van der Waals surface area contributed by atoms with Gasteiger partial charge in [-0.3, -0.25) is 4.79 Å². The van der Waals surface area contributed by atoms with Crippen molar-refractivity contribution < 1.29 is 14.3 Å². The van der Waals surface area contributed by atoms with Gasteiger partial charge in [0, 0.05) is 31.2 Å². The van der Waals surface area contributed by atoms with Crippen molar-refractivity contribution in [2.45, 2.75) is 105 Å². The predicted molar refractivity (Wildman–Crippen MR) is 109 cm³/mol. The number of hydrogen-bond acceptors (Lipinski definition) is 4. The maximum Gasteiger partial charge on any atom is 0.225 e. The van der Waals surface area contributed by atoms with Crippen molar-refractivity contribution in [2.75, 3.05) is 20.3 Å². The Hall–Kier alpha value is -0.650. The first-order chi connectivity index (χ1) is 11.7. The SMILES string of the molecule is CC[C@@H](CNC(=O)C(C)(C)CC(C)(C)OCCC(C)(C)OC)NC(C)C. The van der Waals surface area contributed by atoms with Crippen LogP contribution >= 0.6 is 0 Å². The molecule has 2 N–H and O–H groups in total. The number of nitrogens with one attached hydrogen (secondary N) is 2. The van der Waals surface area contributed by atoms with Crippen LogP contribution in [0.1, 0.15) is 81.6 Å². The first-order valence-electron chi connectivity index (χ1n) is 9.98. The Morgan fingerprint density at radius 1 is 1.04 bits per heavy atom. The smallest absolute Gasteiger partial charge is 0.225 e. The predicted octanol–water partition coefficient (Wildman–Crippen LogP) is 3.91. The van der Waals surface area contributed by atoms with Gasteiger partial charge in [0.1, 0.15) is 0 Å². The molecule has 0 spiro atoms. The zero-order valence-electron chi connectivity index (χ0n) is 18.9. The average Bonchev–Trinajstić information content (AvgIpc) is 2.49. The van der Waals surface area contributed by atoms with Gasteiger partial charge < -0.3 is 20.1 Å². The highest BCUT2D eigenvalue weighted by Crippen LogP contribution is 2.31. The number of ether oxygens (including phenoxy) is 2. The van der Waals surface area contributed by atoms with Crippen LogP contribution < -0.4 is 10.6 Å². The van der Waals surface area contributed by atoms with Crippen LogP contribution in [-0.4, -0.2) is 49.5 Å². The Morgan fingerprint density at radius 3 is 2.08 bits per heavy atom. The third-order valence-electron chi connectivity index (χ3n) is 4.80. The molecule has 0 aliphatic rings. The fourth-order valence-corrected chi connectivity index (χ4v) is 3.12. The van der Waals surface area contributed by atoms with Gasteiger partial charge in [-0.1, -0.05) is 34.6 Å². The lowest BCUT2D eigenvalue weighted by Crippen LogP contribution is -2.48. The van der Waals surface area contributed by atoms with Gasteiger partial charge in [-0.25, -0.2) is 0 Å². The number of amides is 1. The summed E-state index contributed by atoms with van der Waals surface area (Å²) in [6, 6.07) is 0.712. The summed E-state index contributed by atoms with van der Waals surface area (Å²) in [6.45, 7) is 19.8. The van der Waals surface area contributed by atoms with Crippen LogP contribution in [0.15, 0.2) is 0 Å². The second kappa shape index (κ2) is 10.6. The molecule has 0 heterocycles. The van der Waals surface area contributed by atoms with Crippen molar-refractivity contribution in [3.05, 3.63) is 0 Å². The zero-order chi connectivity index (χ0) is 20.6. The summed E-state index contributed by atoms with van der Waals surface area (Å²) in [5, 5.41) is 6.60. The molecule has 5 heteroatoms. The van der Waals surface area contributed by atoms with Crippen LogP contribution in [0.2, 0.25) is 0 Å². The van der Waals surface area contributed by atoms with E-state index in [1.165, 1.54) is 0 Å². The summed E-state index contributed by atoms with van der Waals surface area (Å²) in [5.74, 6) is 0.0791. The van der Waals surface area contributed by atoms with Gasteiger partial charge in [0.15, 0.2) is 0 Å². The largest absolute Gasteiger partial charge is 0.379 e. The standard InChI is InChI=1S/C21H44N2O3/c1-11-17(23-16(2)3)14-22-18(24)19(4,5)15-21(8,9)26-13-12-20(6,7)25-10/h16-17,23H,11-15H2,1-10H3,(H,22,24)/t17-/m0/s1. The van der Waals surface area contributed by atoms with Crippen LogP contribution in [0.4, 0.5) is 0 Å². The van der Waals surface area contributed by atoms with Gasteiger partial charge >= 0.3 is 0 Å². The lowest BCUT2D eigenvalue weighted by molar-refractivity contribution is -0.135. The van der Waals surface area contributed by atoms with Gasteiger partial charge in [-0.15, -0.1) is 0 Å². The Kier molecular flexibility index (Phi) is 10.4. The lowest BCUT2D eigenvalue weighted by Gasteiger charge is -2.35. The van der Waals surface area contributed by atoms with E-state index in [1.807, 2.05) is 13.8 Å². The minimum atomic E-state index is -0.490. The molecule has 0 radical (unpaired) electrons. The summed E-state index contributed by atoms with van der Waals surface area (Å²) < 4.78 is 11.5. The topological polar surface area (TPSA) is 59.6 Å². The molecule has 0 aromatic heterocycles. The number of rotatable bonds is 13. The van der Waals surface area contributed by atoms with Crippen LogP contribution in [0.3, 0.4) is 0 Å². The second-order valence-electron chi connectivity index (χ2n) is 9.52. The van der Waals surface area contributed by atoms with Crippen molar-refractivity contribution in [1.82, 2.24) is 10.6 Å². The highest BCUT2D eigenvalue weighted by Gasteiger charge is 2.35. The Labute approximate surface area is 162 Å². The third-order valence-corrected chi connectivity index (χ3v) is 4.80. The molecule has 0 aliphatic heterocycles. The van der Waals surface area contributed by atoms with Gasteiger partial charge in [-0.05, 0) is 47.0 Å². The Balaban J connectivity index is 4.56. The minimum absolute atomic E-state index is 0.0791. The van der Waals surface area contributed by atoms with Crippen LogP contribution in [0.5, 0.6) is 0 Å². The molecule has 0 unspecified atom stereocenters. The van der Waals surface area contributed by atoms with E-state index in [-0.39, 0.29) is 17.1 Å². The van der Waals surface area contributed by atoms with Crippen molar-refractivity contribution in [2.24, 2.45) is 5.41 Å². The number of methoxy groups -OCH3 is 1. The van der Waals surface area contributed by atoms with Crippen molar-refractivity contribution in [1.29, 1.82) is 0 Å². The molecule has 0 aliphatic carbocycles. The van der Waals surface area contributed by atoms with E-state index in [4.69, 9.17) is 9.47 Å². The molecule has 0 saturated heterocycles. The Morgan fingerprint density at radius 2 is 1.62 bits per heavy atom. The highest BCUT2D eigenvalue weighted by molar-refractivity contribution is 5.81. The van der Waals surface area contributed by atoms with Crippen molar-refractivity contribution >= 4 is 5.91 Å². The number of carbonyl (C=O) groups is 1. The van der Waals surface area contributed by atoms with E-state index < -0.39 is 5.41 Å². The molecule has 156 valence electrons. The molecular weight excluding hydrogens is 328 g/mol. The maximum atomic E-state index is 12.7. The van der Waals surface area contributed by atoms with Crippen molar-refractivity contribution in [3.63, 3.8) is 0 Å². The summed E-state index contributed by atoms with van der Waals surface area (Å²) in [6.07, 6.45) is 2.47. The molecule has 0 fully saturated rings. The van der Waals surface area contributed by atoms with Gasteiger partial charge in [0.05, 0.1) is 17.8 Å². The van der Waals surface area contributed by atoms with Crippen LogP contribution in [-0.2, 0) is 14.3 Å². The molecule has 0 bridgehead atoms. The van der Waals surface area contributed by atoms with E-state index >= 15 is 0 Å². The number of carbonyl (C=O) groups excluding carboxylic acids is 1. The van der Waals surface area contributed by atoms with Gasteiger partial charge in [-0.2, -0.15) is 0 Å². The summed E-state index contributed by atoms with van der Waals surface area (Å²) in [7, 11) is 1.72. The average molecular weight is 373 g/mol. The molecule has 5 nitrogen and oxygen atoms in total. The third kappa shape index (κ3) is 10.5. The first kappa shape index (κ1) is 25.4. The number of hydrogen-bond donors (Lipinski definition) is 2. The van der Waals surface area contributed by atoms with Crippen LogP contribution in [0, 0.1) is 5.41 Å².